The van der Waals surface area contributed by atoms with E-state index in [-0.39, 0.29) is 0 Å². The molecule has 0 aliphatic carbocycles. The van der Waals surface area contributed by atoms with Crippen LogP contribution in [0, 0.1) is 0 Å². The van der Waals surface area contributed by atoms with Crippen LogP contribution >= 0.6 is 0 Å². The Labute approximate surface area is 123 Å². The summed E-state index contributed by atoms with van der Waals surface area (Å²) < 4.78 is 5.41. The molecule has 0 bridgehead atoms. The lowest BCUT2D eigenvalue weighted by atomic mass is 9.94. The molecule has 1 atom stereocenters. The first-order chi connectivity index (χ1) is 10.1. The van der Waals surface area contributed by atoms with E-state index in [1.54, 1.807) is 13.0 Å². The number of aliphatic hydroxyl groups excluding tert-OH is 1. The van der Waals surface area contributed by atoms with E-state index in [0.717, 1.165) is 36.0 Å². The summed E-state index contributed by atoms with van der Waals surface area (Å²) in [5.74, 6) is 0.361. The first-order valence-corrected chi connectivity index (χ1v) is 7.19. The average Bonchev–Trinajstić information content (AvgIpc) is 2.47. The highest BCUT2D eigenvalue weighted by atomic mass is 16.4. The molecule has 0 saturated heterocycles. The van der Waals surface area contributed by atoms with Crippen LogP contribution in [0.5, 0.6) is 0 Å². The molecule has 2 aromatic rings. The summed E-state index contributed by atoms with van der Waals surface area (Å²) in [5.41, 5.74) is 1.58. The average molecular weight is 285 g/mol. The number of rotatable bonds is 2. The Morgan fingerprint density at radius 1 is 1.29 bits per heavy atom. The van der Waals surface area contributed by atoms with Crippen LogP contribution in [-0.2, 0) is 0 Å². The predicted molar refractivity (Wildman–Crippen MR) is 83.2 cm³/mol. The molecule has 0 saturated carbocycles. The molecule has 0 amide bonds. The van der Waals surface area contributed by atoms with Gasteiger partial charge in [0.25, 0.3) is 0 Å². The van der Waals surface area contributed by atoms with Crippen LogP contribution in [0.2, 0.25) is 0 Å². The predicted octanol–water partition coefficient (Wildman–Crippen LogP) is 2.57. The Morgan fingerprint density at radius 3 is 2.67 bits per heavy atom. The number of aliphatic hydroxyl groups is 1. The standard InChI is InChI=1S/C17H19NO3/c1-11(19)16-15(12-6-5-9-18(2)10-12)13-7-3-4-8-14(13)17(20)21-16/h3-4,6-8,11,19H,5,9-10H2,1-2H3. The third kappa shape index (κ3) is 2.52. The van der Waals surface area contributed by atoms with Crippen LogP contribution in [0.1, 0.15) is 30.8 Å². The molecule has 110 valence electrons. The molecule has 2 heterocycles. The maximum atomic E-state index is 12.1. The van der Waals surface area contributed by atoms with Crippen molar-refractivity contribution in [2.75, 3.05) is 20.1 Å². The van der Waals surface area contributed by atoms with Crippen molar-refractivity contribution in [3.63, 3.8) is 0 Å². The summed E-state index contributed by atoms with van der Waals surface area (Å²) in [7, 11) is 2.07. The van der Waals surface area contributed by atoms with Gasteiger partial charge in [-0.1, -0.05) is 24.3 Å². The number of hydrogen-bond acceptors (Lipinski definition) is 4. The Hall–Kier alpha value is -1.91. The number of fused-ring (bicyclic) bond motifs is 1. The van der Waals surface area contributed by atoms with Crippen molar-refractivity contribution in [3.05, 3.63) is 52.1 Å². The van der Waals surface area contributed by atoms with E-state index in [9.17, 15) is 9.90 Å². The lowest BCUT2D eigenvalue weighted by molar-refractivity contribution is 0.164. The van der Waals surface area contributed by atoms with Gasteiger partial charge in [-0.05, 0) is 37.4 Å². The molecular weight excluding hydrogens is 266 g/mol. The van der Waals surface area contributed by atoms with E-state index in [2.05, 4.69) is 18.0 Å². The Bertz CT molecular complexity index is 758. The molecular formula is C17H19NO3. The lowest BCUT2D eigenvalue weighted by Crippen LogP contribution is -2.25. The first-order valence-electron chi connectivity index (χ1n) is 7.19. The summed E-state index contributed by atoms with van der Waals surface area (Å²) in [5, 5.41) is 11.4. The van der Waals surface area contributed by atoms with Crippen molar-refractivity contribution >= 4 is 16.3 Å². The normalized spacial score (nSPS) is 17.8. The summed E-state index contributed by atoms with van der Waals surface area (Å²) >= 11 is 0. The van der Waals surface area contributed by atoms with E-state index in [1.165, 1.54) is 0 Å². The van der Waals surface area contributed by atoms with Gasteiger partial charge in [0.15, 0.2) is 0 Å². The van der Waals surface area contributed by atoms with Gasteiger partial charge in [-0.25, -0.2) is 4.79 Å². The number of likely N-dealkylation sites (N-methyl/N-ethyl adjacent to an activating group) is 1. The number of nitrogens with zero attached hydrogens (tertiary/aromatic N) is 1. The van der Waals surface area contributed by atoms with E-state index < -0.39 is 11.7 Å². The van der Waals surface area contributed by atoms with Gasteiger partial charge in [-0.15, -0.1) is 0 Å². The summed E-state index contributed by atoms with van der Waals surface area (Å²) in [6.07, 6.45) is 2.32. The second-order valence-electron chi connectivity index (χ2n) is 5.61. The minimum atomic E-state index is -0.814. The van der Waals surface area contributed by atoms with Crippen molar-refractivity contribution in [3.8, 4) is 0 Å². The summed E-state index contributed by atoms with van der Waals surface area (Å²) in [6.45, 7) is 3.43. The minimum Gasteiger partial charge on any atom is -0.424 e. The molecule has 1 unspecified atom stereocenters. The van der Waals surface area contributed by atoms with Crippen LogP contribution in [0.3, 0.4) is 0 Å². The molecule has 0 fully saturated rings. The highest BCUT2D eigenvalue weighted by Gasteiger charge is 2.22. The molecule has 0 spiro atoms. The molecule has 1 aromatic carbocycles. The van der Waals surface area contributed by atoms with Gasteiger partial charge in [-0.2, -0.15) is 0 Å². The molecule has 3 rings (SSSR count). The Balaban J connectivity index is 2.33. The van der Waals surface area contributed by atoms with Gasteiger partial charge in [0, 0.05) is 18.7 Å². The van der Waals surface area contributed by atoms with Crippen molar-refractivity contribution in [1.82, 2.24) is 4.90 Å². The Kier molecular flexibility index (Phi) is 3.66. The lowest BCUT2D eigenvalue weighted by Gasteiger charge is -2.25. The monoisotopic (exact) mass is 285 g/mol. The molecule has 4 nitrogen and oxygen atoms in total. The van der Waals surface area contributed by atoms with E-state index >= 15 is 0 Å². The maximum Gasteiger partial charge on any atom is 0.343 e. The van der Waals surface area contributed by atoms with E-state index in [0.29, 0.717) is 11.1 Å². The van der Waals surface area contributed by atoms with Crippen molar-refractivity contribution in [1.29, 1.82) is 0 Å². The highest BCUT2D eigenvalue weighted by molar-refractivity contribution is 5.94. The summed E-state index contributed by atoms with van der Waals surface area (Å²) in [4.78, 5) is 14.3. The van der Waals surface area contributed by atoms with Gasteiger partial charge in [0.2, 0.25) is 0 Å². The van der Waals surface area contributed by atoms with E-state index in [4.69, 9.17) is 4.42 Å². The molecule has 1 aliphatic rings. The maximum absolute atomic E-state index is 12.1. The molecule has 1 aromatic heterocycles. The van der Waals surface area contributed by atoms with Crippen LogP contribution in [-0.4, -0.2) is 30.1 Å². The van der Waals surface area contributed by atoms with Crippen LogP contribution in [0.25, 0.3) is 16.3 Å². The topological polar surface area (TPSA) is 53.7 Å². The fourth-order valence-corrected chi connectivity index (χ4v) is 2.92. The highest BCUT2D eigenvalue weighted by Crippen LogP contribution is 2.32. The second-order valence-corrected chi connectivity index (χ2v) is 5.61. The fraction of sp³-hybridized carbons (Fsp3) is 0.353. The first kappa shape index (κ1) is 14.0. The zero-order valence-corrected chi connectivity index (χ0v) is 12.3. The number of hydrogen-bond donors (Lipinski definition) is 1. The van der Waals surface area contributed by atoms with Crippen LogP contribution in [0.15, 0.2) is 39.6 Å². The van der Waals surface area contributed by atoms with Crippen molar-refractivity contribution < 1.29 is 9.52 Å². The van der Waals surface area contributed by atoms with Crippen molar-refractivity contribution in [2.24, 2.45) is 0 Å². The SMILES string of the molecule is CC(O)c1oc(=O)c2ccccc2c1C1=CCCN(C)C1. The van der Waals surface area contributed by atoms with Gasteiger partial charge >= 0.3 is 5.63 Å². The quantitative estimate of drug-likeness (QED) is 0.921. The Morgan fingerprint density at radius 2 is 2.00 bits per heavy atom. The van der Waals surface area contributed by atoms with Crippen molar-refractivity contribution in [2.45, 2.75) is 19.4 Å². The summed E-state index contributed by atoms with van der Waals surface area (Å²) in [6, 6.07) is 7.42. The minimum absolute atomic E-state index is 0.361. The molecule has 0 radical (unpaired) electrons. The molecule has 1 aliphatic heterocycles. The zero-order chi connectivity index (χ0) is 15.0. The molecule has 1 N–H and O–H groups in total. The van der Waals surface area contributed by atoms with Gasteiger partial charge in [0.1, 0.15) is 11.9 Å². The molecule has 21 heavy (non-hydrogen) atoms. The van der Waals surface area contributed by atoms with Crippen LogP contribution in [0.4, 0.5) is 0 Å². The van der Waals surface area contributed by atoms with Gasteiger partial charge < -0.3 is 14.4 Å². The second kappa shape index (κ2) is 5.47. The molecule has 4 heteroatoms. The largest absolute Gasteiger partial charge is 0.424 e. The van der Waals surface area contributed by atoms with Gasteiger partial charge in [-0.3, -0.25) is 0 Å². The fourth-order valence-electron chi connectivity index (χ4n) is 2.92. The van der Waals surface area contributed by atoms with E-state index in [1.807, 2.05) is 18.2 Å². The smallest absolute Gasteiger partial charge is 0.343 e. The van der Waals surface area contributed by atoms with Crippen LogP contribution < -0.4 is 5.63 Å². The van der Waals surface area contributed by atoms with Gasteiger partial charge in [0.05, 0.1) is 5.39 Å². The number of benzene rings is 1. The third-order valence-electron chi connectivity index (χ3n) is 3.91. The third-order valence-corrected chi connectivity index (χ3v) is 3.91. The zero-order valence-electron chi connectivity index (χ0n) is 12.3.